The second kappa shape index (κ2) is 5.53. The summed E-state index contributed by atoms with van der Waals surface area (Å²) in [5.74, 6) is 3.66. The van der Waals surface area contributed by atoms with E-state index in [4.69, 9.17) is 0 Å². The van der Waals surface area contributed by atoms with Crippen LogP contribution in [0.4, 0.5) is 0 Å². The number of fused-ring (bicyclic) bond motifs is 4. The summed E-state index contributed by atoms with van der Waals surface area (Å²) >= 11 is 0. The van der Waals surface area contributed by atoms with Crippen LogP contribution in [0.2, 0.25) is 0 Å². The molecule has 4 fully saturated rings. The molecule has 0 saturated heterocycles. The summed E-state index contributed by atoms with van der Waals surface area (Å²) in [6, 6.07) is 0. The largest absolute Gasteiger partial charge is 0.390 e. The monoisotopic (exact) mass is 294 g/mol. The Labute approximate surface area is 130 Å². The topological polar surface area (TPSA) is 40.5 Å². The summed E-state index contributed by atoms with van der Waals surface area (Å²) in [5, 5.41) is 20.0. The predicted molar refractivity (Wildman–Crippen MR) is 85.9 cm³/mol. The second-order valence-corrected chi connectivity index (χ2v) is 9.22. The van der Waals surface area contributed by atoms with Gasteiger partial charge < -0.3 is 10.2 Å². The van der Waals surface area contributed by atoms with Gasteiger partial charge in [-0.3, -0.25) is 0 Å². The molecule has 0 aromatic heterocycles. The van der Waals surface area contributed by atoms with Crippen LogP contribution in [0.3, 0.4) is 0 Å². The fraction of sp³-hybridized carbons (Fsp3) is 1.00. The van der Waals surface area contributed by atoms with Crippen molar-refractivity contribution in [1.29, 1.82) is 0 Å². The Morgan fingerprint density at radius 1 is 0.905 bits per heavy atom. The third-order valence-electron chi connectivity index (χ3n) is 6.83. The normalized spacial score (nSPS) is 50.6. The summed E-state index contributed by atoms with van der Waals surface area (Å²) < 4.78 is 0. The van der Waals surface area contributed by atoms with E-state index in [2.05, 4.69) is 13.8 Å². The molecular formula is C19H34O2. The molecule has 2 N–H and O–H groups in total. The maximum atomic E-state index is 10.4. The molecular weight excluding hydrogens is 260 g/mol. The first-order chi connectivity index (χ1) is 9.78. The summed E-state index contributed by atoms with van der Waals surface area (Å²) in [4.78, 5) is 0. The Kier molecular flexibility index (Phi) is 4.16. The van der Waals surface area contributed by atoms with Gasteiger partial charge in [0.05, 0.1) is 11.2 Å². The van der Waals surface area contributed by atoms with Crippen LogP contribution in [0.25, 0.3) is 0 Å². The molecule has 0 aromatic carbocycles. The molecule has 122 valence electrons. The van der Waals surface area contributed by atoms with Crippen molar-refractivity contribution in [3.8, 4) is 0 Å². The lowest BCUT2D eigenvalue weighted by atomic mass is 9.79. The van der Waals surface area contributed by atoms with Gasteiger partial charge in [0.2, 0.25) is 0 Å². The summed E-state index contributed by atoms with van der Waals surface area (Å²) in [6.07, 6.45) is 11.1. The van der Waals surface area contributed by atoms with Gasteiger partial charge in [-0.1, -0.05) is 13.8 Å². The first kappa shape index (κ1) is 15.8. The molecule has 4 aliphatic rings. The van der Waals surface area contributed by atoms with Crippen molar-refractivity contribution in [3.63, 3.8) is 0 Å². The molecule has 6 atom stereocenters. The highest BCUT2D eigenvalue weighted by atomic mass is 16.3. The second-order valence-electron chi connectivity index (χ2n) is 9.22. The first-order valence-corrected chi connectivity index (χ1v) is 9.23. The molecule has 4 saturated carbocycles. The molecule has 0 radical (unpaired) electrons. The van der Waals surface area contributed by atoms with E-state index in [1.807, 2.05) is 6.92 Å². The Balaban J connectivity index is 0.000000131. The number of hydrogen-bond donors (Lipinski definition) is 2. The molecule has 0 aromatic rings. The average Bonchev–Trinajstić information content (AvgIpc) is 3.05. The number of aliphatic hydroxyl groups is 2. The van der Waals surface area contributed by atoms with Crippen molar-refractivity contribution in [2.45, 2.75) is 89.8 Å². The Morgan fingerprint density at radius 2 is 1.48 bits per heavy atom. The molecule has 4 bridgehead atoms. The Morgan fingerprint density at radius 3 is 1.76 bits per heavy atom. The molecule has 0 heterocycles. The van der Waals surface area contributed by atoms with Gasteiger partial charge in [0.25, 0.3) is 0 Å². The predicted octanol–water partition coefficient (Wildman–Crippen LogP) is 4.14. The number of rotatable bonds is 2. The third kappa shape index (κ3) is 3.17. The first-order valence-electron chi connectivity index (χ1n) is 9.23. The van der Waals surface area contributed by atoms with E-state index in [9.17, 15) is 10.2 Å². The van der Waals surface area contributed by atoms with E-state index < -0.39 is 0 Å². The smallest absolute Gasteiger partial charge is 0.0681 e. The highest BCUT2D eigenvalue weighted by molar-refractivity contribution is 5.01. The van der Waals surface area contributed by atoms with Crippen LogP contribution in [0.5, 0.6) is 0 Å². The summed E-state index contributed by atoms with van der Waals surface area (Å²) in [5.41, 5.74) is -0.556. The maximum absolute atomic E-state index is 10.4. The zero-order chi connectivity index (χ0) is 15.3. The zero-order valence-corrected chi connectivity index (χ0v) is 14.1. The molecule has 6 unspecified atom stereocenters. The molecule has 4 rings (SSSR count). The van der Waals surface area contributed by atoms with Gasteiger partial charge in [-0.2, -0.15) is 0 Å². The van der Waals surface area contributed by atoms with Crippen LogP contribution in [-0.4, -0.2) is 21.4 Å². The van der Waals surface area contributed by atoms with E-state index in [-0.39, 0.29) is 11.2 Å². The van der Waals surface area contributed by atoms with Crippen molar-refractivity contribution in [2.24, 2.45) is 29.6 Å². The number of hydrogen-bond acceptors (Lipinski definition) is 2. The Hall–Kier alpha value is -0.0800. The van der Waals surface area contributed by atoms with Gasteiger partial charge in [-0.25, -0.2) is 0 Å². The lowest BCUT2D eigenvalue weighted by Crippen LogP contribution is -2.36. The highest BCUT2D eigenvalue weighted by Gasteiger charge is 2.49. The van der Waals surface area contributed by atoms with E-state index in [0.717, 1.165) is 31.1 Å². The molecule has 0 aliphatic heterocycles. The van der Waals surface area contributed by atoms with Crippen LogP contribution in [0, 0.1) is 29.6 Å². The molecule has 21 heavy (non-hydrogen) atoms. The van der Waals surface area contributed by atoms with Gasteiger partial charge in [0.1, 0.15) is 0 Å². The van der Waals surface area contributed by atoms with Gasteiger partial charge in [0.15, 0.2) is 0 Å². The standard InChI is InChI=1S/C11H20O.C8H14O/c1-8(2)6-11(12)7-9-3-4-10(11)5-9;1-8(9)5-6-2-3-7(8)4-6/h8-10,12H,3-7H2,1-2H3;6-7,9H,2-5H2,1H3. The third-order valence-corrected chi connectivity index (χ3v) is 6.83. The fourth-order valence-corrected chi connectivity index (χ4v) is 5.95. The van der Waals surface area contributed by atoms with Crippen LogP contribution < -0.4 is 0 Å². The minimum absolute atomic E-state index is 0.267. The van der Waals surface area contributed by atoms with Crippen LogP contribution >= 0.6 is 0 Å². The lowest BCUT2D eigenvalue weighted by molar-refractivity contribution is -0.0302. The minimum Gasteiger partial charge on any atom is -0.390 e. The van der Waals surface area contributed by atoms with E-state index >= 15 is 0 Å². The van der Waals surface area contributed by atoms with Crippen LogP contribution in [0.1, 0.15) is 78.6 Å². The molecule has 2 nitrogen and oxygen atoms in total. The molecule has 0 amide bonds. The van der Waals surface area contributed by atoms with Crippen molar-refractivity contribution in [2.75, 3.05) is 0 Å². The van der Waals surface area contributed by atoms with E-state index in [0.29, 0.717) is 17.8 Å². The van der Waals surface area contributed by atoms with Crippen molar-refractivity contribution in [1.82, 2.24) is 0 Å². The van der Waals surface area contributed by atoms with Crippen molar-refractivity contribution >= 4 is 0 Å². The van der Waals surface area contributed by atoms with Crippen molar-refractivity contribution < 1.29 is 10.2 Å². The van der Waals surface area contributed by atoms with Crippen molar-refractivity contribution in [3.05, 3.63) is 0 Å². The minimum atomic E-state index is -0.289. The quantitative estimate of drug-likeness (QED) is 0.803. The molecule has 0 spiro atoms. The average molecular weight is 294 g/mol. The zero-order valence-electron chi connectivity index (χ0n) is 14.1. The summed E-state index contributed by atoms with van der Waals surface area (Å²) in [7, 11) is 0. The van der Waals surface area contributed by atoms with E-state index in [1.165, 1.54) is 38.5 Å². The maximum Gasteiger partial charge on any atom is 0.0681 e. The molecule has 2 heteroatoms. The molecule has 4 aliphatic carbocycles. The lowest BCUT2D eigenvalue weighted by Gasteiger charge is -2.33. The van der Waals surface area contributed by atoms with E-state index in [1.54, 1.807) is 0 Å². The highest BCUT2D eigenvalue weighted by Crippen LogP contribution is 2.53. The SMILES string of the molecule is CC(C)CC1(O)CC2CCC1C2.CC1(O)CC2CCC1C2. The van der Waals surface area contributed by atoms with Crippen LogP contribution in [-0.2, 0) is 0 Å². The fourth-order valence-electron chi connectivity index (χ4n) is 5.95. The van der Waals surface area contributed by atoms with Gasteiger partial charge in [-0.15, -0.1) is 0 Å². The van der Waals surface area contributed by atoms with Gasteiger partial charge in [0, 0.05) is 0 Å². The Bertz CT molecular complexity index is 376. The van der Waals surface area contributed by atoms with Crippen LogP contribution in [0.15, 0.2) is 0 Å². The van der Waals surface area contributed by atoms with Gasteiger partial charge >= 0.3 is 0 Å². The summed E-state index contributed by atoms with van der Waals surface area (Å²) in [6.45, 7) is 6.42. The van der Waals surface area contributed by atoms with Gasteiger partial charge in [-0.05, 0) is 94.3 Å².